The van der Waals surface area contributed by atoms with Gasteiger partial charge in [0.15, 0.2) is 11.6 Å². The number of carbonyl (C=O) groups is 1. The number of hydrogen-bond donors (Lipinski definition) is 2. The largest absolute Gasteiger partial charge is 0.508 e. The van der Waals surface area contributed by atoms with E-state index in [1.165, 1.54) is 24.4 Å². The average Bonchev–Trinajstić information content (AvgIpc) is 2.93. The fourth-order valence-electron chi connectivity index (χ4n) is 3.35. The van der Waals surface area contributed by atoms with Crippen molar-refractivity contribution in [3.63, 3.8) is 0 Å². The van der Waals surface area contributed by atoms with E-state index >= 15 is 0 Å². The van der Waals surface area contributed by atoms with Crippen LogP contribution in [0.4, 0.5) is 14.5 Å². The Bertz CT molecular complexity index is 975. The maximum atomic E-state index is 14.3. The number of rotatable bonds is 2. The van der Waals surface area contributed by atoms with Gasteiger partial charge < -0.3 is 10.4 Å². The lowest BCUT2D eigenvalue weighted by Gasteiger charge is -2.28. The second-order valence-corrected chi connectivity index (χ2v) is 5.78. The second kappa shape index (κ2) is 5.37. The van der Waals surface area contributed by atoms with Gasteiger partial charge in [0.05, 0.1) is 5.69 Å². The van der Waals surface area contributed by atoms with Gasteiger partial charge in [0, 0.05) is 18.0 Å². The number of phenols is 1. The Labute approximate surface area is 141 Å². The van der Waals surface area contributed by atoms with Crippen molar-refractivity contribution in [2.24, 2.45) is 0 Å². The number of nitrogens with zero attached hydrogens (tertiary/aromatic N) is 1. The molecule has 2 N–H and O–H groups in total. The third-order valence-electron chi connectivity index (χ3n) is 4.47. The van der Waals surface area contributed by atoms with Crippen molar-refractivity contribution in [3.8, 4) is 5.75 Å². The van der Waals surface area contributed by atoms with Crippen molar-refractivity contribution in [3.05, 3.63) is 89.2 Å². The lowest BCUT2D eigenvalue weighted by molar-refractivity contribution is -0.118. The molecule has 124 valence electrons. The minimum atomic E-state index is -1.38. The van der Waals surface area contributed by atoms with Gasteiger partial charge in [0.25, 0.3) is 0 Å². The Morgan fingerprint density at radius 1 is 1.00 bits per heavy atom. The monoisotopic (exact) mass is 338 g/mol. The number of fused-ring (bicyclic) bond motifs is 1. The number of halogens is 2. The number of aromatic nitrogens is 1. The Kier molecular flexibility index (Phi) is 3.28. The topological polar surface area (TPSA) is 62.2 Å². The summed E-state index contributed by atoms with van der Waals surface area (Å²) in [6.07, 6.45) is 3.08. The summed E-state index contributed by atoms with van der Waals surface area (Å²) in [4.78, 5) is 17.1. The number of anilines is 1. The van der Waals surface area contributed by atoms with Crippen LogP contribution in [0.25, 0.3) is 0 Å². The van der Waals surface area contributed by atoms with E-state index in [4.69, 9.17) is 0 Å². The van der Waals surface area contributed by atoms with Crippen LogP contribution in [0, 0.1) is 11.6 Å². The molecule has 1 aromatic heterocycles. The molecule has 0 spiro atoms. The van der Waals surface area contributed by atoms with Crippen LogP contribution < -0.4 is 5.32 Å². The maximum absolute atomic E-state index is 14.3. The molecular weight excluding hydrogens is 326 g/mol. The summed E-state index contributed by atoms with van der Waals surface area (Å²) in [6, 6.07) is 11.8. The summed E-state index contributed by atoms with van der Waals surface area (Å²) in [5, 5.41) is 12.0. The van der Waals surface area contributed by atoms with Crippen LogP contribution in [0.1, 0.15) is 16.7 Å². The van der Waals surface area contributed by atoms with Crippen LogP contribution in [-0.4, -0.2) is 16.0 Å². The molecule has 0 saturated carbocycles. The highest BCUT2D eigenvalue weighted by Crippen LogP contribution is 2.48. The zero-order valence-corrected chi connectivity index (χ0v) is 12.8. The summed E-state index contributed by atoms with van der Waals surface area (Å²) in [7, 11) is 0. The van der Waals surface area contributed by atoms with Gasteiger partial charge in [-0.3, -0.25) is 9.78 Å². The molecule has 25 heavy (non-hydrogen) atoms. The number of hydrogen-bond acceptors (Lipinski definition) is 3. The minimum absolute atomic E-state index is 0.0361. The first-order valence-electron chi connectivity index (χ1n) is 7.55. The zero-order valence-electron chi connectivity index (χ0n) is 12.8. The van der Waals surface area contributed by atoms with Gasteiger partial charge >= 0.3 is 0 Å². The standard InChI is InChI=1S/C19H12F2N2O2/c20-15-8-7-14-17(16(15)21)23-18(25)19(14,12-2-1-9-22-10-12)11-3-5-13(24)6-4-11/h1-10,24H,(H,23,25). The fourth-order valence-corrected chi connectivity index (χ4v) is 3.35. The highest BCUT2D eigenvalue weighted by molar-refractivity contribution is 6.11. The first-order valence-corrected chi connectivity index (χ1v) is 7.55. The SMILES string of the molecule is O=C1Nc2c(ccc(F)c2F)C1(c1ccc(O)cc1)c1cccnc1. The van der Waals surface area contributed by atoms with Crippen molar-refractivity contribution in [2.45, 2.75) is 5.41 Å². The third-order valence-corrected chi connectivity index (χ3v) is 4.47. The summed E-state index contributed by atoms with van der Waals surface area (Å²) >= 11 is 0. The average molecular weight is 338 g/mol. The van der Waals surface area contributed by atoms with Gasteiger partial charge in [-0.25, -0.2) is 8.78 Å². The van der Waals surface area contributed by atoms with E-state index < -0.39 is 23.0 Å². The number of benzene rings is 2. The molecule has 2 heterocycles. The van der Waals surface area contributed by atoms with Crippen molar-refractivity contribution in [1.82, 2.24) is 4.98 Å². The van der Waals surface area contributed by atoms with E-state index in [0.717, 1.165) is 6.07 Å². The van der Waals surface area contributed by atoms with E-state index in [2.05, 4.69) is 10.3 Å². The van der Waals surface area contributed by atoms with Gasteiger partial charge in [-0.2, -0.15) is 0 Å². The van der Waals surface area contributed by atoms with Crippen LogP contribution in [0.15, 0.2) is 60.9 Å². The van der Waals surface area contributed by atoms with Gasteiger partial charge in [-0.15, -0.1) is 0 Å². The molecule has 1 aliphatic heterocycles. The molecule has 0 saturated heterocycles. The molecule has 0 fully saturated rings. The molecular formula is C19H12F2N2O2. The molecule has 1 aliphatic rings. The van der Waals surface area contributed by atoms with Crippen molar-refractivity contribution < 1.29 is 18.7 Å². The first kappa shape index (κ1) is 15.3. The number of phenolic OH excluding ortho intramolecular Hbond substituents is 1. The molecule has 4 rings (SSSR count). The summed E-state index contributed by atoms with van der Waals surface area (Å²) in [5.41, 5.74) is -0.230. The van der Waals surface area contributed by atoms with E-state index in [1.54, 1.807) is 30.5 Å². The van der Waals surface area contributed by atoms with Crippen LogP contribution >= 0.6 is 0 Å². The lowest BCUT2D eigenvalue weighted by atomic mass is 9.70. The van der Waals surface area contributed by atoms with E-state index in [-0.39, 0.29) is 11.4 Å². The summed E-state index contributed by atoms with van der Waals surface area (Å²) < 4.78 is 27.9. The number of carbonyl (C=O) groups excluding carboxylic acids is 1. The Balaban J connectivity index is 2.09. The number of nitrogens with one attached hydrogen (secondary N) is 1. The quantitative estimate of drug-likeness (QED) is 0.753. The highest BCUT2D eigenvalue weighted by atomic mass is 19.2. The van der Waals surface area contributed by atoms with E-state index in [0.29, 0.717) is 16.7 Å². The number of pyridine rings is 1. The van der Waals surface area contributed by atoms with Gasteiger partial charge in [-0.1, -0.05) is 24.3 Å². The van der Waals surface area contributed by atoms with Crippen molar-refractivity contribution in [2.75, 3.05) is 5.32 Å². The predicted molar refractivity (Wildman–Crippen MR) is 87.2 cm³/mol. The molecule has 0 radical (unpaired) electrons. The molecule has 0 bridgehead atoms. The van der Waals surface area contributed by atoms with Crippen LogP contribution in [0.5, 0.6) is 5.75 Å². The lowest BCUT2D eigenvalue weighted by Crippen LogP contribution is -2.37. The van der Waals surface area contributed by atoms with Crippen LogP contribution in [-0.2, 0) is 10.2 Å². The van der Waals surface area contributed by atoms with Gasteiger partial charge in [0.2, 0.25) is 5.91 Å². The molecule has 2 aromatic carbocycles. The van der Waals surface area contributed by atoms with Gasteiger partial charge in [-0.05, 0) is 35.4 Å². The first-order chi connectivity index (χ1) is 12.0. The molecule has 6 heteroatoms. The zero-order chi connectivity index (χ0) is 17.6. The fraction of sp³-hybridized carbons (Fsp3) is 0.0526. The minimum Gasteiger partial charge on any atom is -0.508 e. The second-order valence-electron chi connectivity index (χ2n) is 5.78. The number of amides is 1. The van der Waals surface area contributed by atoms with Crippen LogP contribution in [0.3, 0.4) is 0 Å². The third kappa shape index (κ3) is 2.04. The Morgan fingerprint density at radius 2 is 1.76 bits per heavy atom. The highest BCUT2D eigenvalue weighted by Gasteiger charge is 2.51. The van der Waals surface area contributed by atoms with Gasteiger partial charge in [0.1, 0.15) is 11.2 Å². The number of aromatic hydroxyl groups is 1. The maximum Gasteiger partial charge on any atom is 0.244 e. The van der Waals surface area contributed by atoms with Crippen molar-refractivity contribution >= 4 is 11.6 Å². The van der Waals surface area contributed by atoms with Crippen molar-refractivity contribution in [1.29, 1.82) is 0 Å². The van der Waals surface area contributed by atoms with Crippen LogP contribution in [0.2, 0.25) is 0 Å². The van der Waals surface area contributed by atoms with E-state index in [1.807, 2.05) is 0 Å². The normalized spacial score (nSPS) is 18.7. The summed E-state index contributed by atoms with van der Waals surface area (Å²) in [5.74, 6) is -2.61. The Morgan fingerprint density at radius 3 is 2.44 bits per heavy atom. The smallest absolute Gasteiger partial charge is 0.244 e. The molecule has 0 aliphatic carbocycles. The predicted octanol–water partition coefficient (Wildman–Crippen LogP) is 3.35. The molecule has 1 amide bonds. The molecule has 1 atom stereocenters. The summed E-state index contributed by atoms with van der Waals surface area (Å²) in [6.45, 7) is 0. The van der Waals surface area contributed by atoms with E-state index in [9.17, 15) is 18.7 Å². The Hall–Kier alpha value is -3.28. The molecule has 4 nitrogen and oxygen atoms in total. The molecule has 1 unspecified atom stereocenters. The molecule has 3 aromatic rings.